The van der Waals surface area contributed by atoms with Crippen LogP contribution in [0.4, 0.5) is 0 Å². The van der Waals surface area contributed by atoms with Gasteiger partial charge in [0.15, 0.2) is 5.69 Å². The van der Waals surface area contributed by atoms with E-state index in [0.717, 1.165) is 17.5 Å². The van der Waals surface area contributed by atoms with Crippen molar-refractivity contribution < 1.29 is 9.59 Å². The van der Waals surface area contributed by atoms with Crippen LogP contribution in [0.5, 0.6) is 0 Å². The first kappa shape index (κ1) is 20.3. The molecule has 0 aliphatic rings. The maximum atomic E-state index is 12.7. The highest BCUT2D eigenvalue weighted by atomic mass is 16.2. The molecular weight excluding hydrogens is 368 g/mol. The van der Waals surface area contributed by atoms with Gasteiger partial charge in [0.1, 0.15) is 6.54 Å². The van der Waals surface area contributed by atoms with Crippen LogP contribution in [0.1, 0.15) is 29.4 Å². The molecule has 7 heteroatoms. The summed E-state index contributed by atoms with van der Waals surface area (Å²) in [7, 11) is 1.50. The molecule has 1 heterocycles. The fraction of sp³-hybridized carbons (Fsp3) is 0.273. The van der Waals surface area contributed by atoms with Gasteiger partial charge >= 0.3 is 0 Å². The van der Waals surface area contributed by atoms with Crippen molar-refractivity contribution in [1.82, 2.24) is 20.4 Å². The second-order valence-electron chi connectivity index (χ2n) is 6.93. The molecule has 29 heavy (non-hydrogen) atoms. The molecule has 0 bridgehead atoms. The fourth-order valence-corrected chi connectivity index (χ4v) is 3.18. The summed E-state index contributed by atoms with van der Waals surface area (Å²) in [4.78, 5) is 37.4. The van der Waals surface area contributed by atoms with Gasteiger partial charge in [-0.15, -0.1) is 0 Å². The number of nitrogens with one attached hydrogen (secondary N) is 2. The number of nitrogens with zero attached hydrogens (tertiary/aromatic N) is 2. The van der Waals surface area contributed by atoms with Gasteiger partial charge < -0.3 is 10.6 Å². The Hall–Kier alpha value is -3.48. The smallest absolute Gasteiger partial charge is 0.275 e. The Balaban J connectivity index is 1.73. The number of benzene rings is 2. The van der Waals surface area contributed by atoms with Gasteiger partial charge in [-0.05, 0) is 31.4 Å². The topological polar surface area (TPSA) is 93.1 Å². The van der Waals surface area contributed by atoms with Crippen LogP contribution in [0, 0.1) is 0 Å². The van der Waals surface area contributed by atoms with Crippen molar-refractivity contribution in [2.75, 3.05) is 7.05 Å². The average Bonchev–Trinajstić information content (AvgIpc) is 2.74. The molecule has 3 aromatic rings. The Kier molecular flexibility index (Phi) is 6.39. The van der Waals surface area contributed by atoms with Crippen LogP contribution in [-0.2, 0) is 17.8 Å². The summed E-state index contributed by atoms with van der Waals surface area (Å²) in [6.45, 7) is 1.68. The van der Waals surface area contributed by atoms with E-state index in [1.54, 1.807) is 24.3 Å². The second kappa shape index (κ2) is 9.14. The number of carbonyl (C=O) groups excluding carboxylic acids is 2. The lowest BCUT2D eigenvalue weighted by Gasteiger charge is -2.15. The monoisotopic (exact) mass is 392 g/mol. The number of aryl methyl sites for hydroxylation is 1. The first-order chi connectivity index (χ1) is 14.0. The molecule has 0 aliphatic carbocycles. The first-order valence-corrected chi connectivity index (χ1v) is 9.55. The number of hydrogen-bond donors (Lipinski definition) is 2. The predicted octanol–water partition coefficient (Wildman–Crippen LogP) is 1.89. The van der Waals surface area contributed by atoms with Crippen molar-refractivity contribution >= 4 is 22.6 Å². The summed E-state index contributed by atoms with van der Waals surface area (Å²) in [6.07, 6.45) is 1.62. The zero-order chi connectivity index (χ0) is 20.8. The summed E-state index contributed by atoms with van der Waals surface area (Å²) in [6, 6.07) is 16.7. The minimum Gasteiger partial charge on any atom is -0.354 e. The zero-order valence-electron chi connectivity index (χ0n) is 16.5. The van der Waals surface area contributed by atoms with Crippen LogP contribution in [-0.4, -0.2) is 34.7 Å². The number of aromatic nitrogens is 2. The Morgan fingerprint density at radius 3 is 2.38 bits per heavy atom. The van der Waals surface area contributed by atoms with Crippen molar-refractivity contribution in [3.63, 3.8) is 0 Å². The highest BCUT2D eigenvalue weighted by Gasteiger charge is 2.17. The molecule has 2 aromatic carbocycles. The summed E-state index contributed by atoms with van der Waals surface area (Å²) in [5, 5.41) is 10.4. The van der Waals surface area contributed by atoms with Crippen LogP contribution < -0.4 is 16.2 Å². The number of carbonyl (C=O) groups is 2. The lowest BCUT2D eigenvalue weighted by Crippen LogP contribution is -2.39. The van der Waals surface area contributed by atoms with E-state index in [1.807, 2.05) is 37.3 Å². The molecule has 2 N–H and O–H groups in total. The maximum absolute atomic E-state index is 12.7. The third kappa shape index (κ3) is 4.87. The van der Waals surface area contributed by atoms with E-state index in [9.17, 15) is 14.4 Å². The third-order valence-corrected chi connectivity index (χ3v) is 4.72. The molecule has 1 aromatic heterocycles. The Labute approximate surface area is 168 Å². The highest BCUT2D eigenvalue weighted by Crippen LogP contribution is 2.13. The molecule has 0 fully saturated rings. The predicted molar refractivity (Wildman–Crippen MR) is 112 cm³/mol. The molecular formula is C22H24N4O3. The van der Waals surface area contributed by atoms with Gasteiger partial charge in [-0.3, -0.25) is 14.4 Å². The van der Waals surface area contributed by atoms with E-state index in [-0.39, 0.29) is 24.2 Å². The van der Waals surface area contributed by atoms with Gasteiger partial charge in [0.25, 0.3) is 11.5 Å². The van der Waals surface area contributed by atoms with E-state index in [4.69, 9.17) is 0 Å². The van der Waals surface area contributed by atoms with E-state index in [2.05, 4.69) is 15.7 Å². The lowest BCUT2D eigenvalue weighted by molar-refractivity contribution is -0.122. The number of hydrogen-bond acceptors (Lipinski definition) is 4. The zero-order valence-corrected chi connectivity index (χ0v) is 16.5. The van der Waals surface area contributed by atoms with E-state index in [1.165, 1.54) is 12.6 Å². The molecule has 0 saturated heterocycles. The summed E-state index contributed by atoms with van der Waals surface area (Å²) in [5.41, 5.74) is 0.921. The summed E-state index contributed by atoms with van der Waals surface area (Å²) < 4.78 is 1.05. The van der Waals surface area contributed by atoms with Gasteiger partial charge in [-0.2, -0.15) is 5.10 Å². The minimum atomic E-state index is -0.411. The summed E-state index contributed by atoms with van der Waals surface area (Å²) in [5.74, 6) is -0.732. The van der Waals surface area contributed by atoms with Gasteiger partial charge in [0, 0.05) is 18.5 Å². The standard InChI is InChI=1S/C22H24N4O3/c1-15(12-13-16-8-4-3-5-9-16)24-19(27)14-26-22(29)18-11-7-6-10-17(18)20(25-26)21(28)23-2/h3-11,15H,12-14H2,1-2H3,(H,23,28)(H,24,27). The quantitative estimate of drug-likeness (QED) is 0.642. The normalized spacial score (nSPS) is 11.8. The molecule has 2 amide bonds. The van der Waals surface area contributed by atoms with Gasteiger partial charge in [-0.25, -0.2) is 4.68 Å². The Bertz CT molecular complexity index is 1080. The number of amides is 2. The number of fused-ring (bicyclic) bond motifs is 1. The van der Waals surface area contributed by atoms with E-state index in [0.29, 0.717) is 10.8 Å². The van der Waals surface area contributed by atoms with Crippen molar-refractivity contribution in [3.05, 3.63) is 76.2 Å². The summed E-state index contributed by atoms with van der Waals surface area (Å²) >= 11 is 0. The molecule has 3 rings (SSSR count). The van der Waals surface area contributed by atoms with Gasteiger partial charge in [0.2, 0.25) is 5.91 Å². The fourth-order valence-electron chi connectivity index (χ4n) is 3.18. The third-order valence-electron chi connectivity index (χ3n) is 4.72. The van der Waals surface area contributed by atoms with E-state index >= 15 is 0 Å². The van der Waals surface area contributed by atoms with Gasteiger partial charge in [0.05, 0.1) is 5.39 Å². The largest absolute Gasteiger partial charge is 0.354 e. The van der Waals surface area contributed by atoms with Crippen molar-refractivity contribution in [2.24, 2.45) is 0 Å². The molecule has 7 nitrogen and oxygen atoms in total. The highest BCUT2D eigenvalue weighted by molar-refractivity contribution is 6.04. The van der Waals surface area contributed by atoms with Crippen molar-refractivity contribution in [2.45, 2.75) is 32.4 Å². The average molecular weight is 392 g/mol. The molecule has 0 saturated carbocycles. The molecule has 0 spiro atoms. The number of rotatable bonds is 7. The molecule has 1 atom stereocenters. The van der Waals surface area contributed by atoms with E-state index < -0.39 is 11.5 Å². The van der Waals surface area contributed by atoms with Crippen LogP contribution in [0.15, 0.2) is 59.4 Å². The SMILES string of the molecule is CNC(=O)c1nn(CC(=O)NC(C)CCc2ccccc2)c(=O)c2ccccc12. The van der Waals surface area contributed by atoms with Crippen LogP contribution in [0.25, 0.3) is 10.8 Å². The Morgan fingerprint density at radius 1 is 1.03 bits per heavy atom. The maximum Gasteiger partial charge on any atom is 0.275 e. The Morgan fingerprint density at radius 2 is 1.69 bits per heavy atom. The minimum absolute atomic E-state index is 0.0581. The molecule has 150 valence electrons. The van der Waals surface area contributed by atoms with Crippen molar-refractivity contribution in [1.29, 1.82) is 0 Å². The van der Waals surface area contributed by atoms with Gasteiger partial charge in [-0.1, -0.05) is 48.5 Å². The first-order valence-electron chi connectivity index (χ1n) is 9.55. The molecule has 0 aliphatic heterocycles. The van der Waals surface area contributed by atoms with Crippen LogP contribution in [0.3, 0.4) is 0 Å². The van der Waals surface area contributed by atoms with Crippen LogP contribution >= 0.6 is 0 Å². The molecule has 1 unspecified atom stereocenters. The van der Waals surface area contributed by atoms with Crippen molar-refractivity contribution in [3.8, 4) is 0 Å². The lowest BCUT2D eigenvalue weighted by atomic mass is 10.1. The van der Waals surface area contributed by atoms with Crippen LogP contribution in [0.2, 0.25) is 0 Å². The second-order valence-corrected chi connectivity index (χ2v) is 6.93. The molecule has 0 radical (unpaired) electrons.